The Bertz CT molecular complexity index is 617. The van der Waals surface area contributed by atoms with E-state index in [1.165, 1.54) is 22.7 Å². The SMILES string of the molecule is Cc1ccc(S(=O)(=O)N(C)C[C@@H](C)NC(=O)OC(C)(C)C)s1. The van der Waals surface area contributed by atoms with Crippen molar-refractivity contribution in [3.05, 3.63) is 17.0 Å². The molecule has 0 bridgehead atoms. The summed E-state index contributed by atoms with van der Waals surface area (Å²) in [7, 11) is -2.03. The fraction of sp³-hybridized carbons (Fsp3) is 0.643. The summed E-state index contributed by atoms with van der Waals surface area (Å²) >= 11 is 1.23. The van der Waals surface area contributed by atoms with Crippen molar-refractivity contribution < 1.29 is 17.9 Å². The van der Waals surface area contributed by atoms with Crippen LogP contribution >= 0.6 is 11.3 Å². The summed E-state index contributed by atoms with van der Waals surface area (Å²) in [4.78, 5) is 12.6. The molecule has 1 amide bonds. The zero-order chi connectivity index (χ0) is 17.1. The molecule has 0 radical (unpaired) electrons. The van der Waals surface area contributed by atoms with Crippen molar-refractivity contribution in [2.45, 2.75) is 50.5 Å². The average molecular weight is 348 g/mol. The maximum atomic E-state index is 12.4. The van der Waals surface area contributed by atoms with Gasteiger partial charge in [0.25, 0.3) is 10.0 Å². The van der Waals surface area contributed by atoms with Crippen LogP contribution in [0.2, 0.25) is 0 Å². The first-order chi connectivity index (χ1) is 9.91. The van der Waals surface area contributed by atoms with Crippen LogP contribution in [0.5, 0.6) is 0 Å². The minimum Gasteiger partial charge on any atom is -0.444 e. The molecule has 1 heterocycles. The zero-order valence-electron chi connectivity index (χ0n) is 13.8. The van der Waals surface area contributed by atoms with Gasteiger partial charge in [-0.05, 0) is 46.8 Å². The van der Waals surface area contributed by atoms with E-state index in [0.717, 1.165) is 4.88 Å². The summed E-state index contributed by atoms with van der Waals surface area (Å²) in [5, 5.41) is 2.63. The van der Waals surface area contributed by atoms with Crippen LogP contribution in [0, 0.1) is 6.92 Å². The lowest BCUT2D eigenvalue weighted by molar-refractivity contribution is 0.0504. The molecule has 6 nitrogen and oxygen atoms in total. The lowest BCUT2D eigenvalue weighted by Gasteiger charge is -2.24. The maximum absolute atomic E-state index is 12.4. The summed E-state index contributed by atoms with van der Waals surface area (Å²) in [6, 6.07) is 3.00. The molecule has 126 valence electrons. The number of nitrogens with zero attached hydrogens (tertiary/aromatic N) is 1. The minimum absolute atomic E-state index is 0.165. The van der Waals surface area contributed by atoms with Crippen molar-refractivity contribution in [2.75, 3.05) is 13.6 Å². The Labute approximate surface area is 136 Å². The van der Waals surface area contributed by atoms with Gasteiger partial charge in [0, 0.05) is 24.5 Å². The smallest absolute Gasteiger partial charge is 0.407 e. The maximum Gasteiger partial charge on any atom is 0.407 e. The number of ether oxygens (including phenoxy) is 1. The molecule has 0 spiro atoms. The Morgan fingerprint density at radius 1 is 1.41 bits per heavy atom. The number of likely N-dealkylation sites (N-methyl/N-ethyl adjacent to an activating group) is 1. The molecule has 8 heteroatoms. The van der Waals surface area contributed by atoms with Crippen LogP contribution < -0.4 is 5.32 Å². The van der Waals surface area contributed by atoms with Crippen molar-refractivity contribution in [3.8, 4) is 0 Å². The number of alkyl carbamates (subject to hydrolysis) is 1. The summed E-state index contributed by atoms with van der Waals surface area (Å²) < 4.78 is 31.5. The highest BCUT2D eigenvalue weighted by atomic mass is 32.2. The summed E-state index contributed by atoms with van der Waals surface area (Å²) in [6.07, 6.45) is -0.558. The van der Waals surface area contributed by atoms with Gasteiger partial charge in [0.05, 0.1) is 0 Å². The van der Waals surface area contributed by atoms with Crippen LogP contribution in [0.1, 0.15) is 32.6 Å². The summed E-state index contributed by atoms with van der Waals surface area (Å²) in [6.45, 7) is 9.07. The monoisotopic (exact) mass is 348 g/mol. The van der Waals surface area contributed by atoms with Gasteiger partial charge in [-0.25, -0.2) is 13.2 Å². The van der Waals surface area contributed by atoms with Crippen molar-refractivity contribution in [2.24, 2.45) is 0 Å². The van der Waals surface area contributed by atoms with E-state index in [2.05, 4.69) is 5.32 Å². The lowest BCUT2D eigenvalue weighted by atomic mass is 10.2. The van der Waals surface area contributed by atoms with Crippen LogP contribution in [0.25, 0.3) is 0 Å². The average Bonchev–Trinajstić information content (AvgIpc) is 2.73. The molecule has 1 aromatic heterocycles. The van der Waals surface area contributed by atoms with Crippen LogP contribution in [0.3, 0.4) is 0 Å². The number of amides is 1. The molecule has 0 aliphatic rings. The molecule has 0 saturated heterocycles. The summed E-state index contributed by atoms with van der Waals surface area (Å²) in [5.41, 5.74) is -0.587. The van der Waals surface area contributed by atoms with Gasteiger partial charge < -0.3 is 10.1 Å². The van der Waals surface area contributed by atoms with E-state index < -0.39 is 21.7 Å². The molecular formula is C14H24N2O4S2. The molecule has 0 aromatic carbocycles. The molecule has 0 aliphatic carbocycles. The zero-order valence-corrected chi connectivity index (χ0v) is 15.5. The van der Waals surface area contributed by atoms with E-state index in [0.29, 0.717) is 4.21 Å². The predicted molar refractivity (Wildman–Crippen MR) is 87.7 cm³/mol. The number of aryl methyl sites for hydroxylation is 1. The van der Waals surface area contributed by atoms with E-state index in [4.69, 9.17) is 4.74 Å². The molecule has 0 aliphatic heterocycles. The molecule has 1 rings (SSSR count). The fourth-order valence-electron chi connectivity index (χ4n) is 1.74. The lowest BCUT2D eigenvalue weighted by Crippen LogP contribution is -2.44. The quantitative estimate of drug-likeness (QED) is 0.887. The van der Waals surface area contributed by atoms with Gasteiger partial charge in [-0.1, -0.05) is 0 Å². The normalized spacial score (nSPS) is 14.0. The number of thiophene rings is 1. The van der Waals surface area contributed by atoms with Crippen molar-refractivity contribution in [3.63, 3.8) is 0 Å². The third kappa shape index (κ3) is 5.58. The molecular weight excluding hydrogens is 324 g/mol. The highest BCUT2D eigenvalue weighted by molar-refractivity contribution is 7.91. The predicted octanol–water partition coefficient (Wildman–Crippen LogP) is 2.59. The van der Waals surface area contributed by atoms with Crippen LogP contribution in [-0.2, 0) is 14.8 Å². The number of sulfonamides is 1. The highest BCUT2D eigenvalue weighted by Crippen LogP contribution is 2.23. The molecule has 0 fully saturated rings. The van der Waals surface area contributed by atoms with Gasteiger partial charge in [0.2, 0.25) is 0 Å². The van der Waals surface area contributed by atoms with Crippen molar-refractivity contribution in [1.82, 2.24) is 9.62 Å². The third-order valence-corrected chi connectivity index (χ3v) is 5.97. The fourth-order valence-corrected chi connectivity index (χ4v) is 4.50. The Hall–Kier alpha value is -1.12. The first-order valence-corrected chi connectivity index (χ1v) is 9.20. The number of hydrogen-bond donors (Lipinski definition) is 1. The van der Waals surface area contributed by atoms with Crippen LogP contribution in [0.15, 0.2) is 16.3 Å². The van der Waals surface area contributed by atoms with Crippen molar-refractivity contribution in [1.29, 1.82) is 0 Å². The van der Waals surface area contributed by atoms with Crippen LogP contribution in [0.4, 0.5) is 4.79 Å². The largest absolute Gasteiger partial charge is 0.444 e. The highest BCUT2D eigenvalue weighted by Gasteiger charge is 2.25. The Kier molecular flexibility index (Phi) is 6.00. The van der Waals surface area contributed by atoms with Gasteiger partial charge in [0.1, 0.15) is 9.81 Å². The number of nitrogens with one attached hydrogen (secondary N) is 1. The van der Waals surface area contributed by atoms with Gasteiger partial charge in [-0.3, -0.25) is 0 Å². The first-order valence-electron chi connectivity index (χ1n) is 6.94. The van der Waals surface area contributed by atoms with Gasteiger partial charge in [-0.15, -0.1) is 11.3 Å². The van der Waals surface area contributed by atoms with Gasteiger partial charge >= 0.3 is 6.09 Å². The molecule has 1 N–H and O–H groups in total. The molecule has 0 saturated carbocycles. The van der Waals surface area contributed by atoms with E-state index in [1.54, 1.807) is 39.8 Å². The Balaban J connectivity index is 2.64. The summed E-state index contributed by atoms with van der Waals surface area (Å²) in [5.74, 6) is 0. The number of carbonyl (C=O) groups excluding carboxylic acids is 1. The van der Waals surface area contributed by atoms with Crippen LogP contribution in [-0.4, -0.2) is 44.1 Å². The van der Waals surface area contributed by atoms with Gasteiger partial charge in [-0.2, -0.15) is 4.31 Å². The topological polar surface area (TPSA) is 75.7 Å². The Morgan fingerprint density at radius 2 is 2.00 bits per heavy atom. The molecule has 1 aromatic rings. The standard InChI is InChI=1S/C14H24N2O4S2/c1-10(15-13(17)20-14(3,4)5)9-16(6)22(18,19)12-8-7-11(2)21-12/h7-8,10H,9H2,1-6H3,(H,15,17)/t10-/m1/s1. The van der Waals surface area contributed by atoms with E-state index >= 15 is 0 Å². The van der Waals surface area contributed by atoms with E-state index in [1.807, 2.05) is 6.92 Å². The second kappa shape index (κ2) is 6.97. The molecule has 22 heavy (non-hydrogen) atoms. The molecule has 0 unspecified atom stereocenters. The third-order valence-electron chi connectivity index (χ3n) is 2.67. The second-order valence-electron chi connectivity index (χ2n) is 6.20. The second-order valence-corrected chi connectivity index (χ2v) is 9.76. The molecule has 1 atom stereocenters. The minimum atomic E-state index is -3.52. The number of carbonyl (C=O) groups is 1. The number of hydrogen-bond acceptors (Lipinski definition) is 5. The van der Waals surface area contributed by atoms with E-state index in [-0.39, 0.29) is 12.6 Å². The number of rotatable bonds is 5. The van der Waals surface area contributed by atoms with Crippen molar-refractivity contribution >= 4 is 27.5 Å². The Morgan fingerprint density at radius 3 is 2.45 bits per heavy atom. The van der Waals surface area contributed by atoms with E-state index in [9.17, 15) is 13.2 Å². The van der Waals surface area contributed by atoms with Gasteiger partial charge in [0.15, 0.2) is 0 Å². The first kappa shape index (κ1) is 18.9.